The summed E-state index contributed by atoms with van der Waals surface area (Å²) < 4.78 is 13.2. The van der Waals surface area contributed by atoms with Crippen LogP contribution in [0.2, 0.25) is 0 Å². The van der Waals surface area contributed by atoms with Gasteiger partial charge in [-0.3, -0.25) is 4.79 Å². The zero-order chi connectivity index (χ0) is 17.1. The van der Waals surface area contributed by atoms with Crippen LogP contribution in [0.25, 0.3) is 0 Å². The van der Waals surface area contributed by atoms with E-state index in [-0.39, 0.29) is 17.8 Å². The Labute approximate surface area is 142 Å². The molecule has 1 saturated heterocycles. The number of amides is 1. The van der Waals surface area contributed by atoms with Crippen molar-refractivity contribution in [2.45, 2.75) is 32.7 Å². The number of anilines is 1. The molecule has 1 aliphatic heterocycles. The molecule has 0 spiro atoms. The van der Waals surface area contributed by atoms with Crippen molar-refractivity contribution < 1.29 is 9.18 Å². The molecular weight excluding hydrogens is 303 g/mol. The topological polar surface area (TPSA) is 32.3 Å². The second kappa shape index (κ2) is 7.14. The first-order valence-electron chi connectivity index (χ1n) is 8.44. The summed E-state index contributed by atoms with van der Waals surface area (Å²) in [5.74, 6) is -0.383. The molecule has 0 radical (unpaired) electrons. The lowest BCUT2D eigenvalue weighted by molar-refractivity contribution is 0.0971. The minimum atomic E-state index is -0.327. The van der Waals surface area contributed by atoms with Gasteiger partial charge in [0.2, 0.25) is 0 Å². The first-order chi connectivity index (χ1) is 11.6. The van der Waals surface area contributed by atoms with Crippen molar-refractivity contribution in [3.63, 3.8) is 0 Å². The van der Waals surface area contributed by atoms with Gasteiger partial charge in [-0.1, -0.05) is 18.2 Å². The molecule has 1 N–H and O–H groups in total. The molecule has 1 fully saturated rings. The summed E-state index contributed by atoms with van der Waals surface area (Å²) in [5.41, 5.74) is 3.68. The molecule has 0 bridgehead atoms. The maximum Gasteiger partial charge on any atom is 0.258 e. The number of para-hydroxylation sites is 1. The second-order valence-electron chi connectivity index (χ2n) is 6.40. The highest BCUT2D eigenvalue weighted by Crippen LogP contribution is 2.30. The number of benzene rings is 2. The first-order valence-corrected chi connectivity index (χ1v) is 8.44. The molecule has 4 heteroatoms. The number of rotatable bonds is 3. The Kier molecular flexibility index (Phi) is 4.95. The molecule has 0 saturated carbocycles. The Hall–Kier alpha value is -2.20. The van der Waals surface area contributed by atoms with Gasteiger partial charge in [0.25, 0.3) is 5.91 Å². The van der Waals surface area contributed by atoms with Crippen LogP contribution in [0.5, 0.6) is 0 Å². The number of carbonyl (C=O) groups excluding carboxylic acids is 1. The average Bonchev–Trinajstić information content (AvgIpc) is 2.59. The van der Waals surface area contributed by atoms with Gasteiger partial charge >= 0.3 is 0 Å². The van der Waals surface area contributed by atoms with E-state index in [4.69, 9.17) is 0 Å². The third-order valence-corrected chi connectivity index (χ3v) is 4.66. The van der Waals surface area contributed by atoms with Gasteiger partial charge in [0.15, 0.2) is 0 Å². The van der Waals surface area contributed by atoms with Gasteiger partial charge in [-0.05, 0) is 75.2 Å². The molecule has 3 rings (SSSR count). The van der Waals surface area contributed by atoms with Crippen LogP contribution in [-0.4, -0.2) is 25.0 Å². The van der Waals surface area contributed by atoms with Crippen LogP contribution >= 0.6 is 0 Å². The lowest BCUT2D eigenvalue weighted by Gasteiger charge is -2.36. The zero-order valence-corrected chi connectivity index (χ0v) is 14.2. The lowest BCUT2D eigenvalue weighted by atomic mass is 9.99. The number of nitrogens with zero attached hydrogens (tertiary/aromatic N) is 1. The van der Waals surface area contributed by atoms with Crippen molar-refractivity contribution in [3.8, 4) is 0 Å². The highest BCUT2D eigenvalue weighted by Gasteiger charge is 2.29. The minimum absolute atomic E-state index is 0.0562. The summed E-state index contributed by atoms with van der Waals surface area (Å²) in [5, 5.41) is 3.35. The van der Waals surface area contributed by atoms with Crippen molar-refractivity contribution in [3.05, 3.63) is 65.0 Å². The molecule has 2 aromatic carbocycles. The number of hydrogen-bond donors (Lipinski definition) is 1. The normalized spacial score (nSPS) is 15.3. The monoisotopic (exact) mass is 326 g/mol. The zero-order valence-electron chi connectivity index (χ0n) is 14.2. The Morgan fingerprint density at radius 3 is 2.21 bits per heavy atom. The van der Waals surface area contributed by atoms with E-state index in [2.05, 4.69) is 5.32 Å². The number of nitrogens with one attached hydrogen (secondary N) is 1. The average molecular weight is 326 g/mol. The predicted molar refractivity (Wildman–Crippen MR) is 95.0 cm³/mol. The quantitative estimate of drug-likeness (QED) is 0.929. The van der Waals surface area contributed by atoms with E-state index in [0.29, 0.717) is 5.56 Å². The molecule has 24 heavy (non-hydrogen) atoms. The molecule has 0 unspecified atom stereocenters. The lowest BCUT2D eigenvalue weighted by Crippen LogP contribution is -2.47. The van der Waals surface area contributed by atoms with E-state index < -0.39 is 0 Å². The van der Waals surface area contributed by atoms with Gasteiger partial charge in [-0.2, -0.15) is 0 Å². The Bertz CT molecular complexity index is 701. The fourth-order valence-corrected chi connectivity index (χ4v) is 3.43. The van der Waals surface area contributed by atoms with E-state index in [9.17, 15) is 9.18 Å². The van der Waals surface area contributed by atoms with Crippen LogP contribution in [-0.2, 0) is 0 Å². The van der Waals surface area contributed by atoms with Crippen molar-refractivity contribution in [1.82, 2.24) is 5.32 Å². The molecule has 1 heterocycles. The molecule has 3 nitrogen and oxygen atoms in total. The fraction of sp³-hybridized carbons (Fsp3) is 0.350. The van der Waals surface area contributed by atoms with Gasteiger partial charge in [-0.15, -0.1) is 0 Å². The van der Waals surface area contributed by atoms with Crippen LogP contribution in [0.15, 0.2) is 42.5 Å². The highest BCUT2D eigenvalue weighted by atomic mass is 19.1. The van der Waals surface area contributed by atoms with Crippen LogP contribution in [0.3, 0.4) is 0 Å². The van der Waals surface area contributed by atoms with Crippen molar-refractivity contribution >= 4 is 11.6 Å². The summed E-state index contributed by atoms with van der Waals surface area (Å²) in [7, 11) is 0. The van der Waals surface area contributed by atoms with Gasteiger partial charge < -0.3 is 10.2 Å². The van der Waals surface area contributed by atoms with E-state index in [1.807, 2.05) is 36.9 Å². The SMILES string of the molecule is Cc1cccc(C)c1N(C(=O)c1ccc(F)cc1)C1CCNCC1. The van der Waals surface area contributed by atoms with Crippen LogP contribution in [0, 0.1) is 19.7 Å². The van der Waals surface area contributed by atoms with E-state index in [0.717, 1.165) is 42.7 Å². The van der Waals surface area contributed by atoms with Crippen LogP contribution in [0.4, 0.5) is 10.1 Å². The second-order valence-corrected chi connectivity index (χ2v) is 6.40. The van der Waals surface area contributed by atoms with Gasteiger partial charge in [0.05, 0.1) is 5.69 Å². The number of hydrogen-bond acceptors (Lipinski definition) is 2. The molecule has 1 amide bonds. The summed E-state index contributed by atoms with van der Waals surface area (Å²) in [4.78, 5) is 15.2. The van der Waals surface area contributed by atoms with Gasteiger partial charge in [0.1, 0.15) is 5.82 Å². The third-order valence-electron chi connectivity index (χ3n) is 4.66. The van der Waals surface area contributed by atoms with Gasteiger partial charge in [-0.25, -0.2) is 4.39 Å². The van der Waals surface area contributed by atoms with Gasteiger partial charge in [0, 0.05) is 11.6 Å². The molecule has 1 aliphatic rings. The van der Waals surface area contributed by atoms with Crippen LogP contribution in [0.1, 0.15) is 34.3 Å². The Morgan fingerprint density at radius 2 is 1.62 bits per heavy atom. The maximum absolute atomic E-state index is 13.2. The summed E-state index contributed by atoms with van der Waals surface area (Å²) in [6, 6.07) is 12.1. The molecule has 126 valence electrons. The smallest absolute Gasteiger partial charge is 0.258 e. The summed E-state index contributed by atoms with van der Waals surface area (Å²) in [6.07, 6.45) is 1.83. The predicted octanol–water partition coefficient (Wildman–Crippen LogP) is 3.84. The van der Waals surface area contributed by atoms with E-state index >= 15 is 0 Å². The molecule has 2 aromatic rings. The number of carbonyl (C=O) groups is 1. The largest absolute Gasteiger partial charge is 0.317 e. The van der Waals surface area contributed by atoms with E-state index in [1.54, 1.807) is 12.1 Å². The molecular formula is C20H23FN2O. The Balaban J connectivity index is 2.04. The van der Waals surface area contributed by atoms with Crippen molar-refractivity contribution in [2.24, 2.45) is 0 Å². The maximum atomic E-state index is 13.2. The Morgan fingerprint density at radius 1 is 1.04 bits per heavy atom. The molecule has 0 aliphatic carbocycles. The number of piperidine rings is 1. The number of halogens is 1. The fourth-order valence-electron chi connectivity index (χ4n) is 3.43. The standard InChI is InChI=1S/C20H23FN2O/c1-14-4-3-5-15(2)19(14)23(18-10-12-22-13-11-18)20(24)16-6-8-17(21)9-7-16/h3-9,18,22H,10-13H2,1-2H3. The summed E-state index contributed by atoms with van der Waals surface area (Å²) >= 11 is 0. The van der Waals surface area contributed by atoms with Crippen molar-refractivity contribution in [1.29, 1.82) is 0 Å². The van der Waals surface area contributed by atoms with Crippen LogP contribution < -0.4 is 10.2 Å². The number of aryl methyl sites for hydroxylation is 2. The first kappa shape index (κ1) is 16.7. The molecule has 0 aromatic heterocycles. The summed E-state index contributed by atoms with van der Waals surface area (Å²) in [6.45, 7) is 5.88. The third kappa shape index (κ3) is 3.34. The highest BCUT2D eigenvalue weighted by molar-refractivity contribution is 6.07. The van der Waals surface area contributed by atoms with Crippen molar-refractivity contribution in [2.75, 3.05) is 18.0 Å². The van der Waals surface area contributed by atoms with E-state index in [1.165, 1.54) is 12.1 Å². The molecule has 0 atom stereocenters. The minimum Gasteiger partial charge on any atom is -0.317 e.